The van der Waals surface area contributed by atoms with E-state index < -0.39 is 6.10 Å². The summed E-state index contributed by atoms with van der Waals surface area (Å²) < 4.78 is 16.2. The lowest BCUT2D eigenvalue weighted by atomic mass is 10.2. The van der Waals surface area contributed by atoms with Crippen molar-refractivity contribution in [2.45, 2.75) is 13.0 Å². The van der Waals surface area contributed by atoms with Crippen molar-refractivity contribution in [3.8, 4) is 23.0 Å². The highest BCUT2D eigenvalue weighted by molar-refractivity contribution is 5.47. The van der Waals surface area contributed by atoms with Crippen molar-refractivity contribution < 1.29 is 19.3 Å². The molecule has 5 heteroatoms. The van der Waals surface area contributed by atoms with Gasteiger partial charge in [0.15, 0.2) is 11.5 Å². The van der Waals surface area contributed by atoms with Gasteiger partial charge in [0, 0.05) is 6.07 Å². The molecule has 1 N–H and O–H groups in total. The SMILES string of the molecule is C[C@@H](O)c1ccc(Oc2ccc3c(c2)OCO3)cn1. The van der Waals surface area contributed by atoms with E-state index in [2.05, 4.69) is 4.98 Å². The Balaban J connectivity index is 1.77. The average Bonchev–Trinajstić information content (AvgIpc) is 2.87. The highest BCUT2D eigenvalue weighted by atomic mass is 16.7. The van der Waals surface area contributed by atoms with Crippen LogP contribution < -0.4 is 14.2 Å². The number of ether oxygens (including phenoxy) is 3. The minimum absolute atomic E-state index is 0.240. The van der Waals surface area contributed by atoms with E-state index in [0.717, 1.165) is 5.75 Å². The predicted octanol–water partition coefficient (Wildman–Crippen LogP) is 2.66. The number of nitrogens with zero attached hydrogens (tertiary/aromatic N) is 1. The van der Waals surface area contributed by atoms with E-state index in [1.54, 1.807) is 43.5 Å². The van der Waals surface area contributed by atoms with Gasteiger partial charge in [-0.3, -0.25) is 4.98 Å². The van der Waals surface area contributed by atoms with Crippen LogP contribution in [0.15, 0.2) is 36.5 Å². The molecule has 0 saturated heterocycles. The first-order valence-corrected chi connectivity index (χ1v) is 5.94. The van der Waals surface area contributed by atoms with Gasteiger partial charge in [-0.25, -0.2) is 0 Å². The lowest BCUT2D eigenvalue weighted by Crippen LogP contribution is -1.95. The molecule has 3 rings (SSSR count). The molecule has 98 valence electrons. The zero-order valence-corrected chi connectivity index (χ0v) is 10.4. The molecule has 1 aromatic carbocycles. The van der Waals surface area contributed by atoms with E-state index >= 15 is 0 Å². The van der Waals surface area contributed by atoms with E-state index in [4.69, 9.17) is 14.2 Å². The summed E-state index contributed by atoms with van der Waals surface area (Å²) in [4.78, 5) is 4.12. The molecule has 5 nitrogen and oxygen atoms in total. The van der Waals surface area contributed by atoms with Crippen LogP contribution in [-0.4, -0.2) is 16.9 Å². The molecule has 0 bridgehead atoms. The Hall–Kier alpha value is -2.27. The zero-order chi connectivity index (χ0) is 13.2. The summed E-state index contributed by atoms with van der Waals surface area (Å²) in [6.07, 6.45) is 0.992. The molecule has 0 fully saturated rings. The van der Waals surface area contributed by atoms with Crippen LogP contribution in [0.2, 0.25) is 0 Å². The van der Waals surface area contributed by atoms with Crippen LogP contribution in [0.4, 0.5) is 0 Å². The van der Waals surface area contributed by atoms with Crippen molar-refractivity contribution in [1.29, 1.82) is 0 Å². The summed E-state index contributed by atoms with van der Waals surface area (Å²) in [7, 11) is 0. The molecule has 1 aliphatic rings. The standard InChI is InChI=1S/C14H13NO4/c1-9(16)12-4-2-11(7-15-12)19-10-3-5-13-14(6-10)18-8-17-13/h2-7,9,16H,8H2,1H3/t9-/m1/s1. The first-order chi connectivity index (χ1) is 9.22. The number of aliphatic hydroxyl groups is 1. The van der Waals surface area contributed by atoms with Crippen LogP contribution in [0.1, 0.15) is 18.7 Å². The van der Waals surface area contributed by atoms with Gasteiger partial charge in [0.2, 0.25) is 6.79 Å². The summed E-state index contributed by atoms with van der Waals surface area (Å²) in [6, 6.07) is 8.86. The van der Waals surface area contributed by atoms with E-state index in [0.29, 0.717) is 22.9 Å². The van der Waals surface area contributed by atoms with E-state index in [1.165, 1.54) is 0 Å². The summed E-state index contributed by atoms with van der Waals surface area (Å²) >= 11 is 0. The maximum Gasteiger partial charge on any atom is 0.231 e. The van der Waals surface area contributed by atoms with Gasteiger partial charge in [0.1, 0.15) is 11.5 Å². The van der Waals surface area contributed by atoms with Gasteiger partial charge < -0.3 is 19.3 Å². The Bertz CT molecular complexity index is 580. The summed E-state index contributed by atoms with van der Waals surface area (Å²) in [5.74, 6) is 2.64. The molecule has 0 unspecified atom stereocenters. The molecule has 0 spiro atoms. The van der Waals surface area contributed by atoms with Crippen LogP contribution in [0.25, 0.3) is 0 Å². The van der Waals surface area contributed by atoms with Crippen LogP contribution in [0.5, 0.6) is 23.0 Å². The molecular weight excluding hydrogens is 246 g/mol. The summed E-state index contributed by atoms with van der Waals surface area (Å²) in [6.45, 7) is 1.91. The smallest absolute Gasteiger partial charge is 0.231 e. The molecule has 1 aromatic heterocycles. The number of hydrogen-bond acceptors (Lipinski definition) is 5. The Kier molecular flexibility index (Phi) is 2.97. The number of rotatable bonds is 3. The van der Waals surface area contributed by atoms with Gasteiger partial charge in [-0.05, 0) is 31.2 Å². The van der Waals surface area contributed by atoms with Gasteiger partial charge in [0.25, 0.3) is 0 Å². The predicted molar refractivity (Wildman–Crippen MR) is 67.5 cm³/mol. The fourth-order valence-corrected chi connectivity index (χ4v) is 1.78. The first-order valence-electron chi connectivity index (χ1n) is 5.94. The fourth-order valence-electron chi connectivity index (χ4n) is 1.78. The number of hydrogen-bond donors (Lipinski definition) is 1. The first kappa shape index (κ1) is 11.8. The van der Waals surface area contributed by atoms with Crippen molar-refractivity contribution in [3.63, 3.8) is 0 Å². The summed E-state index contributed by atoms with van der Waals surface area (Å²) in [5, 5.41) is 9.38. The van der Waals surface area contributed by atoms with Crippen LogP contribution >= 0.6 is 0 Å². The number of aliphatic hydroxyl groups excluding tert-OH is 1. The Morgan fingerprint density at radius 1 is 1.16 bits per heavy atom. The van der Waals surface area contributed by atoms with Crippen LogP contribution in [-0.2, 0) is 0 Å². The monoisotopic (exact) mass is 259 g/mol. The Labute approximate surface area is 110 Å². The molecule has 0 aliphatic carbocycles. The van der Waals surface area contributed by atoms with Gasteiger partial charge in [-0.1, -0.05) is 0 Å². The topological polar surface area (TPSA) is 60.8 Å². The van der Waals surface area contributed by atoms with Crippen molar-refractivity contribution in [3.05, 3.63) is 42.2 Å². The number of benzene rings is 1. The van der Waals surface area contributed by atoms with Crippen molar-refractivity contribution in [1.82, 2.24) is 4.98 Å². The van der Waals surface area contributed by atoms with E-state index in [1.807, 2.05) is 0 Å². The highest BCUT2D eigenvalue weighted by Crippen LogP contribution is 2.36. The molecule has 2 aromatic rings. The molecule has 19 heavy (non-hydrogen) atoms. The number of pyridine rings is 1. The van der Waals surface area contributed by atoms with E-state index in [9.17, 15) is 5.11 Å². The lowest BCUT2D eigenvalue weighted by Gasteiger charge is -2.08. The molecule has 0 amide bonds. The van der Waals surface area contributed by atoms with Crippen molar-refractivity contribution in [2.75, 3.05) is 6.79 Å². The molecule has 1 aliphatic heterocycles. The quantitative estimate of drug-likeness (QED) is 0.918. The Morgan fingerprint density at radius 3 is 2.68 bits per heavy atom. The van der Waals surface area contributed by atoms with Crippen LogP contribution in [0, 0.1) is 0 Å². The van der Waals surface area contributed by atoms with Crippen molar-refractivity contribution >= 4 is 0 Å². The average molecular weight is 259 g/mol. The van der Waals surface area contributed by atoms with Gasteiger partial charge in [-0.2, -0.15) is 0 Å². The fraction of sp³-hybridized carbons (Fsp3) is 0.214. The second-order valence-electron chi connectivity index (χ2n) is 4.21. The maximum atomic E-state index is 9.38. The number of aromatic nitrogens is 1. The zero-order valence-electron chi connectivity index (χ0n) is 10.4. The minimum Gasteiger partial charge on any atom is -0.456 e. The summed E-state index contributed by atoms with van der Waals surface area (Å²) in [5.41, 5.74) is 0.609. The molecule has 0 radical (unpaired) electrons. The Morgan fingerprint density at radius 2 is 1.95 bits per heavy atom. The third-order valence-corrected chi connectivity index (χ3v) is 2.77. The third kappa shape index (κ3) is 2.46. The lowest BCUT2D eigenvalue weighted by molar-refractivity contribution is 0.174. The second-order valence-corrected chi connectivity index (χ2v) is 4.21. The molecular formula is C14H13NO4. The normalized spacial score (nSPS) is 14.2. The van der Waals surface area contributed by atoms with Crippen molar-refractivity contribution in [2.24, 2.45) is 0 Å². The molecule has 2 heterocycles. The molecule has 1 atom stereocenters. The number of fused-ring (bicyclic) bond motifs is 1. The third-order valence-electron chi connectivity index (χ3n) is 2.77. The van der Waals surface area contributed by atoms with Gasteiger partial charge in [0.05, 0.1) is 18.0 Å². The maximum absolute atomic E-state index is 9.38. The van der Waals surface area contributed by atoms with E-state index in [-0.39, 0.29) is 6.79 Å². The van der Waals surface area contributed by atoms with Crippen LogP contribution in [0.3, 0.4) is 0 Å². The largest absolute Gasteiger partial charge is 0.456 e. The second kappa shape index (κ2) is 4.78. The highest BCUT2D eigenvalue weighted by Gasteiger charge is 2.14. The van der Waals surface area contributed by atoms with Gasteiger partial charge >= 0.3 is 0 Å². The minimum atomic E-state index is -0.584. The van der Waals surface area contributed by atoms with Gasteiger partial charge in [-0.15, -0.1) is 0 Å². The molecule has 0 saturated carbocycles.